The molecule has 1 fully saturated rings. The van der Waals surface area contributed by atoms with Crippen LogP contribution in [0, 0.1) is 0 Å². The second-order valence-electron chi connectivity index (χ2n) is 4.64. The molecular weight excluding hydrogens is 242 g/mol. The third-order valence-corrected chi connectivity index (χ3v) is 3.19. The molecule has 1 saturated heterocycles. The fourth-order valence-electron chi connectivity index (χ4n) is 2.17. The van der Waals surface area contributed by atoms with E-state index in [0.717, 1.165) is 37.4 Å². The number of amides is 1. The minimum absolute atomic E-state index is 0.112. The van der Waals surface area contributed by atoms with Crippen molar-refractivity contribution in [3.8, 4) is 5.75 Å². The van der Waals surface area contributed by atoms with Crippen LogP contribution >= 0.6 is 0 Å². The van der Waals surface area contributed by atoms with Crippen LogP contribution in [-0.2, 0) is 11.3 Å². The average molecular weight is 263 g/mol. The Balaban J connectivity index is 1.70. The standard InChI is InChI=1S/C14H21N3O2/c15-10-12-4-1-2-5-13(12)19-9-3-7-17-8-6-16-14(18)11-17/h1-2,4-5H,3,6-11,15H2,(H,16,18). The number of nitrogens with one attached hydrogen (secondary N) is 1. The molecule has 1 aliphatic heterocycles. The van der Waals surface area contributed by atoms with Gasteiger partial charge in [-0.15, -0.1) is 0 Å². The van der Waals surface area contributed by atoms with Crippen molar-refractivity contribution in [1.29, 1.82) is 0 Å². The second kappa shape index (κ2) is 7.11. The summed E-state index contributed by atoms with van der Waals surface area (Å²) in [5.74, 6) is 0.974. The number of rotatable bonds is 6. The largest absolute Gasteiger partial charge is 0.493 e. The van der Waals surface area contributed by atoms with Crippen LogP contribution in [0.5, 0.6) is 5.75 Å². The smallest absolute Gasteiger partial charge is 0.234 e. The molecule has 0 spiro atoms. The molecule has 0 bridgehead atoms. The van der Waals surface area contributed by atoms with Gasteiger partial charge in [0.15, 0.2) is 0 Å². The Hall–Kier alpha value is -1.59. The number of carbonyl (C=O) groups excluding carboxylic acids is 1. The molecule has 3 N–H and O–H groups in total. The molecule has 1 aromatic rings. The van der Waals surface area contributed by atoms with Crippen LogP contribution in [-0.4, -0.2) is 43.6 Å². The van der Waals surface area contributed by atoms with Crippen molar-refractivity contribution in [1.82, 2.24) is 10.2 Å². The summed E-state index contributed by atoms with van der Waals surface area (Å²) in [5, 5.41) is 2.82. The van der Waals surface area contributed by atoms with E-state index < -0.39 is 0 Å². The third kappa shape index (κ3) is 4.22. The monoisotopic (exact) mass is 263 g/mol. The van der Waals surface area contributed by atoms with E-state index in [0.29, 0.717) is 19.7 Å². The molecular formula is C14H21N3O2. The Kier molecular flexibility index (Phi) is 5.18. The van der Waals surface area contributed by atoms with Gasteiger partial charge in [-0.25, -0.2) is 0 Å². The van der Waals surface area contributed by atoms with Gasteiger partial charge in [0, 0.05) is 31.7 Å². The molecule has 19 heavy (non-hydrogen) atoms. The fraction of sp³-hybridized carbons (Fsp3) is 0.500. The normalized spacial score (nSPS) is 16.2. The van der Waals surface area contributed by atoms with Crippen LogP contribution in [0.3, 0.4) is 0 Å². The van der Waals surface area contributed by atoms with Gasteiger partial charge in [0.2, 0.25) is 5.91 Å². The molecule has 0 radical (unpaired) electrons. The van der Waals surface area contributed by atoms with E-state index in [-0.39, 0.29) is 5.91 Å². The third-order valence-electron chi connectivity index (χ3n) is 3.19. The first-order valence-corrected chi connectivity index (χ1v) is 6.69. The quantitative estimate of drug-likeness (QED) is 0.727. The number of nitrogens with two attached hydrogens (primary N) is 1. The topological polar surface area (TPSA) is 67.6 Å². The van der Waals surface area contributed by atoms with Gasteiger partial charge in [0.1, 0.15) is 5.75 Å². The van der Waals surface area contributed by atoms with Crippen LogP contribution < -0.4 is 15.8 Å². The van der Waals surface area contributed by atoms with Gasteiger partial charge >= 0.3 is 0 Å². The predicted octanol–water partition coefficient (Wildman–Crippen LogP) is 0.346. The van der Waals surface area contributed by atoms with Gasteiger partial charge < -0.3 is 15.8 Å². The maximum Gasteiger partial charge on any atom is 0.234 e. The summed E-state index contributed by atoms with van der Waals surface area (Å²) in [4.78, 5) is 13.4. The highest BCUT2D eigenvalue weighted by molar-refractivity contribution is 5.78. The molecule has 2 rings (SSSR count). The molecule has 0 saturated carbocycles. The predicted molar refractivity (Wildman–Crippen MR) is 73.9 cm³/mol. The minimum Gasteiger partial charge on any atom is -0.493 e. The highest BCUT2D eigenvalue weighted by atomic mass is 16.5. The number of hydrogen-bond donors (Lipinski definition) is 2. The summed E-state index contributed by atoms with van der Waals surface area (Å²) < 4.78 is 5.74. The lowest BCUT2D eigenvalue weighted by atomic mass is 10.2. The lowest BCUT2D eigenvalue weighted by Crippen LogP contribution is -2.47. The van der Waals surface area contributed by atoms with Crippen molar-refractivity contribution >= 4 is 5.91 Å². The second-order valence-corrected chi connectivity index (χ2v) is 4.64. The summed E-state index contributed by atoms with van der Waals surface area (Å²) in [7, 11) is 0. The Morgan fingerprint density at radius 2 is 2.21 bits per heavy atom. The molecule has 0 aliphatic carbocycles. The molecule has 0 atom stereocenters. The zero-order chi connectivity index (χ0) is 13.5. The van der Waals surface area contributed by atoms with Crippen molar-refractivity contribution in [3.05, 3.63) is 29.8 Å². The maximum absolute atomic E-state index is 11.2. The number of carbonyl (C=O) groups is 1. The fourth-order valence-corrected chi connectivity index (χ4v) is 2.17. The molecule has 1 heterocycles. The number of nitrogens with zero attached hydrogens (tertiary/aromatic N) is 1. The molecule has 104 valence electrons. The molecule has 0 aromatic heterocycles. The first kappa shape index (κ1) is 13.8. The van der Waals surface area contributed by atoms with Gasteiger partial charge in [-0.05, 0) is 12.5 Å². The van der Waals surface area contributed by atoms with Gasteiger partial charge in [-0.2, -0.15) is 0 Å². The minimum atomic E-state index is 0.112. The number of para-hydroxylation sites is 1. The summed E-state index contributed by atoms with van der Waals surface area (Å²) in [5.41, 5.74) is 6.68. The zero-order valence-electron chi connectivity index (χ0n) is 11.1. The van der Waals surface area contributed by atoms with Crippen molar-refractivity contribution in [2.75, 3.05) is 32.8 Å². The SMILES string of the molecule is NCc1ccccc1OCCCN1CCNC(=O)C1. The maximum atomic E-state index is 11.2. The van der Waals surface area contributed by atoms with Crippen molar-refractivity contribution in [2.24, 2.45) is 5.73 Å². The summed E-state index contributed by atoms with van der Waals surface area (Å²) in [6, 6.07) is 7.83. The molecule has 1 aliphatic rings. The zero-order valence-corrected chi connectivity index (χ0v) is 11.1. The van der Waals surface area contributed by atoms with E-state index in [4.69, 9.17) is 10.5 Å². The van der Waals surface area contributed by atoms with Gasteiger partial charge in [0.05, 0.1) is 13.2 Å². The number of ether oxygens (including phenoxy) is 1. The van der Waals surface area contributed by atoms with E-state index in [1.54, 1.807) is 0 Å². The Bertz CT molecular complexity index is 423. The van der Waals surface area contributed by atoms with Gasteiger partial charge in [-0.1, -0.05) is 18.2 Å². The number of piperazine rings is 1. The van der Waals surface area contributed by atoms with E-state index in [2.05, 4.69) is 10.2 Å². The number of benzene rings is 1. The van der Waals surface area contributed by atoms with Crippen molar-refractivity contribution in [3.63, 3.8) is 0 Å². The molecule has 5 nitrogen and oxygen atoms in total. The van der Waals surface area contributed by atoms with E-state index >= 15 is 0 Å². The highest BCUT2D eigenvalue weighted by Crippen LogP contribution is 2.17. The average Bonchev–Trinajstić information content (AvgIpc) is 2.44. The van der Waals surface area contributed by atoms with Gasteiger partial charge in [0.25, 0.3) is 0 Å². The lowest BCUT2D eigenvalue weighted by Gasteiger charge is -2.26. The Labute approximate surface area is 113 Å². The highest BCUT2D eigenvalue weighted by Gasteiger charge is 2.15. The van der Waals surface area contributed by atoms with Crippen molar-refractivity contribution in [2.45, 2.75) is 13.0 Å². The molecule has 1 aromatic carbocycles. The number of hydrogen-bond acceptors (Lipinski definition) is 4. The van der Waals surface area contributed by atoms with Crippen LogP contribution in [0.15, 0.2) is 24.3 Å². The summed E-state index contributed by atoms with van der Waals surface area (Å²) >= 11 is 0. The van der Waals surface area contributed by atoms with E-state index in [9.17, 15) is 4.79 Å². The van der Waals surface area contributed by atoms with Crippen LogP contribution in [0.4, 0.5) is 0 Å². The summed E-state index contributed by atoms with van der Waals surface area (Å²) in [6.07, 6.45) is 0.909. The Morgan fingerprint density at radius 1 is 1.37 bits per heavy atom. The first-order chi connectivity index (χ1) is 9.29. The molecule has 5 heteroatoms. The van der Waals surface area contributed by atoms with E-state index in [1.807, 2.05) is 24.3 Å². The van der Waals surface area contributed by atoms with Crippen LogP contribution in [0.2, 0.25) is 0 Å². The lowest BCUT2D eigenvalue weighted by molar-refractivity contribution is -0.124. The molecule has 1 amide bonds. The van der Waals surface area contributed by atoms with E-state index in [1.165, 1.54) is 0 Å². The van der Waals surface area contributed by atoms with Crippen LogP contribution in [0.1, 0.15) is 12.0 Å². The van der Waals surface area contributed by atoms with Gasteiger partial charge in [-0.3, -0.25) is 9.69 Å². The first-order valence-electron chi connectivity index (χ1n) is 6.69. The molecule has 0 unspecified atom stereocenters. The Morgan fingerprint density at radius 3 is 3.00 bits per heavy atom. The van der Waals surface area contributed by atoms with Crippen LogP contribution in [0.25, 0.3) is 0 Å². The summed E-state index contributed by atoms with van der Waals surface area (Å²) in [6.45, 7) is 4.19. The van der Waals surface area contributed by atoms with Crippen molar-refractivity contribution < 1.29 is 9.53 Å².